The lowest BCUT2D eigenvalue weighted by Gasteiger charge is -2.21. The van der Waals surface area contributed by atoms with Crippen LogP contribution in [-0.2, 0) is 11.3 Å². The first-order valence-corrected chi connectivity index (χ1v) is 6.25. The fraction of sp³-hybridized carbons (Fsp3) is 0.500. The number of aromatic hydroxyl groups is 1. The fourth-order valence-electron chi connectivity index (χ4n) is 1.96. The fourth-order valence-corrected chi connectivity index (χ4v) is 1.96. The molecule has 0 aliphatic heterocycles. The van der Waals surface area contributed by atoms with Crippen molar-refractivity contribution in [2.45, 2.75) is 13.5 Å². The van der Waals surface area contributed by atoms with Crippen LogP contribution in [0.3, 0.4) is 0 Å². The molecule has 114 valence electrons. The van der Waals surface area contributed by atoms with Crippen molar-refractivity contribution >= 4 is 18.3 Å². The Morgan fingerprint density at radius 1 is 1.50 bits per heavy atom. The van der Waals surface area contributed by atoms with Crippen LogP contribution in [0.1, 0.15) is 12.5 Å². The quantitative estimate of drug-likeness (QED) is 0.838. The van der Waals surface area contributed by atoms with Crippen LogP contribution >= 0.6 is 12.4 Å². The Labute approximate surface area is 126 Å². The lowest BCUT2D eigenvalue weighted by Crippen LogP contribution is -2.35. The van der Waals surface area contributed by atoms with Gasteiger partial charge in [0, 0.05) is 26.1 Å². The van der Waals surface area contributed by atoms with E-state index in [1.165, 1.54) is 7.11 Å². The van der Waals surface area contributed by atoms with E-state index in [0.29, 0.717) is 18.8 Å². The van der Waals surface area contributed by atoms with Gasteiger partial charge >= 0.3 is 0 Å². The van der Waals surface area contributed by atoms with E-state index in [-0.39, 0.29) is 30.0 Å². The molecule has 0 spiro atoms. The molecule has 0 aliphatic rings. The number of carbonyl (C=O) groups is 1. The van der Waals surface area contributed by atoms with Crippen LogP contribution in [0.25, 0.3) is 0 Å². The van der Waals surface area contributed by atoms with Crippen molar-refractivity contribution in [1.29, 1.82) is 0 Å². The maximum Gasteiger partial charge on any atom is 0.226 e. The van der Waals surface area contributed by atoms with Crippen LogP contribution in [0.2, 0.25) is 0 Å². The zero-order valence-corrected chi connectivity index (χ0v) is 13.2. The normalized spacial score (nSPS) is 11.4. The largest absolute Gasteiger partial charge is 0.504 e. The molecule has 0 heterocycles. The second-order valence-electron chi connectivity index (χ2n) is 4.66. The Morgan fingerprint density at radius 3 is 2.65 bits per heavy atom. The molecular formula is C14H23ClN2O3. The molecular weight excluding hydrogens is 280 g/mol. The van der Waals surface area contributed by atoms with Crippen LogP contribution in [0.15, 0.2) is 18.2 Å². The minimum Gasteiger partial charge on any atom is -0.504 e. The molecule has 0 fully saturated rings. The van der Waals surface area contributed by atoms with Crippen molar-refractivity contribution < 1.29 is 14.6 Å². The van der Waals surface area contributed by atoms with E-state index in [0.717, 1.165) is 5.56 Å². The summed E-state index contributed by atoms with van der Waals surface area (Å²) >= 11 is 0. The summed E-state index contributed by atoms with van der Waals surface area (Å²) < 4.78 is 4.98. The molecule has 0 aliphatic carbocycles. The van der Waals surface area contributed by atoms with Crippen molar-refractivity contribution in [3.05, 3.63) is 23.8 Å². The Balaban J connectivity index is 0.00000361. The van der Waals surface area contributed by atoms with Gasteiger partial charge in [-0.25, -0.2) is 0 Å². The molecule has 5 nitrogen and oxygen atoms in total. The minimum atomic E-state index is -0.0677. The van der Waals surface area contributed by atoms with Crippen LogP contribution < -0.4 is 10.1 Å². The maximum absolute atomic E-state index is 12.0. The zero-order chi connectivity index (χ0) is 14.4. The second-order valence-corrected chi connectivity index (χ2v) is 4.66. The lowest BCUT2D eigenvalue weighted by atomic mass is 10.1. The van der Waals surface area contributed by atoms with E-state index in [1.54, 1.807) is 24.1 Å². The standard InChI is InChI=1S/C14H22N2O3.ClH/c1-10(8-15-2)14(18)16(3)9-11-5-6-13(19-4)12(17)7-11;/h5-7,10,15,17H,8-9H2,1-4H3;1H. The summed E-state index contributed by atoms with van der Waals surface area (Å²) in [5.41, 5.74) is 0.866. The Bertz CT molecular complexity index is 440. The lowest BCUT2D eigenvalue weighted by molar-refractivity contribution is -0.134. The molecule has 0 aromatic heterocycles. The smallest absolute Gasteiger partial charge is 0.226 e. The number of hydrogen-bond donors (Lipinski definition) is 2. The highest BCUT2D eigenvalue weighted by Crippen LogP contribution is 2.26. The highest BCUT2D eigenvalue weighted by molar-refractivity contribution is 5.85. The molecule has 0 saturated carbocycles. The zero-order valence-electron chi connectivity index (χ0n) is 12.3. The van der Waals surface area contributed by atoms with Crippen molar-refractivity contribution in [3.8, 4) is 11.5 Å². The SMILES string of the molecule is CNCC(C)C(=O)N(C)Cc1ccc(OC)c(O)c1.Cl. The summed E-state index contributed by atoms with van der Waals surface area (Å²) in [4.78, 5) is 13.7. The van der Waals surface area contributed by atoms with E-state index in [4.69, 9.17) is 4.74 Å². The predicted octanol–water partition coefficient (Wildman–Crippen LogP) is 1.64. The summed E-state index contributed by atoms with van der Waals surface area (Å²) in [5.74, 6) is 0.525. The topological polar surface area (TPSA) is 61.8 Å². The van der Waals surface area contributed by atoms with E-state index >= 15 is 0 Å². The van der Waals surface area contributed by atoms with Gasteiger partial charge in [0.1, 0.15) is 0 Å². The first kappa shape index (κ1) is 18.5. The van der Waals surface area contributed by atoms with Gasteiger partial charge in [0.25, 0.3) is 0 Å². The number of rotatable bonds is 6. The van der Waals surface area contributed by atoms with Gasteiger partial charge in [-0.1, -0.05) is 13.0 Å². The number of phenolic OH excluding ortho intramolecular Hbond substituents is 1. The second kappa shape index (κ2) is 8.66. The predicted molar refractivity (Wildman–Crippen MR) is 81.5 cm³/mol. The first-order chi connectivity index (χ1) is 8.99. The molecule has 1 unspecified atom stereocenters. The molecule has 1 rings (SSSR count). The van der Waals surface area contributed by atoms with E-state index < -0.39 is 0 Å². The molecule has 6 heteroatoms. The summed E-state index contributed by atoms with van der Waals surface area (Å²) in [6.07, 6.45) is 0. The Morgan fingerprint density at radius 2 is 2.15 bits per heavy atom. The number of ether oxygens (including phenoxy) is 1. The van der Waals surface area contributed by atoms with Crippen molar-refractivity contribution in [2.75, 3.05) is 27.7 Å². The van der Waals surface area contributed by atoms with Crippen molar-refractivity contribution in [1.82, 2.24) is 10.2 Å². The van der Waals surface area contributed by atoms with Crippen LogP contribution in [0.5, 0.6) is 11.5 Å². The summed E-state index contributed by atoms with van der Waals surface area (Å²) in [7, 11) is 5.09. The number of amides is 1. The number of carbonyl (C=O) groups excluding carboxylic acids is 1. The van der Waals surface area contributed by atoms with E-state index in [9.17, 15) is 9.90 Å². The van der Waals surface area contributed by atoms with Gasteiger partial charge in [-0.15, -0.1) is 12.4 Å². The number of benzene rings is 1. The molecule has 0 radical (unpaired) electrons. The third-order valence-corrected chi connectivity index (χ3v) is 2.97. The van der Waals surface area contributed by atoms with Gasteiger partial charge in [0.2, 0.25) is 5.91 Å². The number of phenols is 1. The van der Waals surface area contributed by atoms with Crippen molar-refractivity contribution in [2.24, 2.45) is 5.92 Å². The number of halogens is 1. The van der Waals surface area contributed by atoms with Gasteiger partial charge in [0.05, 0.1) is 7.11 Å². The Kier molecular flexibility index (Phi) is 8.03. The average molecular weight is 303 g/mol. The van der Waals surface area contributed by atoms with Crippen LogP contribution in [0, 0.1) is 5.92 Å². The first-order valence-electron chi connectivity index (χ1n) is 6.25. The molecule has 2 N–H and O–H groups in total. The Hall–Kier alpha value is -1.46. The van der Waals surface area contributed by atoms with Gasteiger partial charge in [0.15, 0.2) is 11.5 Å². The summed E-state index contributed by atoms with van der Waals surface area (Å²) in [6, 6.07) is 5.15. The van der Waals surface area contributed by atoms with E-state index in [2.05, 4.69) is 5.32 Å². The summed E-state index contributed by atoms with van der Waals surface area (Å²) in [6.45, 7) is 3.00. The summed E-state index contributed by atoms with van der Waals surface area (Å²) in [5, 5.41) is 12.7. The van der Waals surface area contributed by atoms with Gasteiger partial charge in [-0.3, -0.25) is 4.79 Å². The van der Waals surface area contributed by atoms with E-state index in [1.807, 2.05) is 20.0 Å². The third kappa shape index (κ3) is 4.90. The maximum atomic E-state index is 12.0. The third-order valence-electron chi connectivity index (χ3n) is 2.97. The highest BCUT2D eigenvalue weighted by atomic mass is 35.5. The van der Waals surface area contributed by atoms with Crippen LogP contribution in [-0.4, -0.2) is 43.7 Å². The molecule has 1 aromatic rings. The average Bonchev–Trinajstić information content (AvgIpc) is 2.38. The monoisotopic (exact) mass is 302 g/mol. The molecule has 1 aromatic carbocycles. The number of methoxy groups -OCH3 is 1. The molecule has 1 amide bonds. The molecule has 0 saturated heterocycles. The molecule has 0 bridgehead atoms. The van der Waals surface area contributed by atoms with Gasteiger partial charge in [-0.05, 0) is 24.7 Å². The molecule has 20 heavy (non-hydrogen) atoms. The van der Waals surface area contributed by atoms with Crippen molar-refractivity contribution in [3.63, 3.8) is 0 Å². The number of nitrogens with zero attached hydrogens (tertiary/aromatic N) is 1. The number of nitrogens with one attached hydrogen (secondary N) is 1. The van der Waals surface area contributed by atoms with Gasteiger partial charge in [-0.2, -0.15) is 0 Å². The number of hydrogen-bond acceptors (Lipinski definition) is 4. The highest BCUT2D eigenvalue weighted by Gasteiger charge is 2.17. The minimum absolute atomic E-state index is 0. The molecule has 1 atom stereocenters. The van der Waals surface area contributed by atoms with Crippen LogP contribution in [0.4, 0.5) is 0 Å². The van der Waals surface area contributed by atoms with Gasteiger partial charge < -0.3 is 20.1 Å².